The van der Waals surface area contributed by atoms with E-state index in [0.29, 0.717) is 0 Å². The lowest BCUT2D eigenvalue weighted by Crippen LogP contribution is -2.18. The SMILES string of the molecule is Cc1cnc(C(C)NCc2nn(C)c3ccccc23)s1. The lowest BCUT2D eigenvalue weighted by atomic mass is 10.2. The molecule has 0 radical (unpaired) electrons. The monoisotopic (exact) mass is 286 g/mol. The average molecular weight is 286 g/mol. The summed E-state index contributed by atoms with van der Waals surface area (Å²) in [6, 6.07) is 8.56. The number of aromatic nitrogens is 3. The summed E-state index contributed by atoms with van der Waals surface area (Å²) < 4.78 is 1.94. The van der Waals surface area contributed by atoms with E-state index in [-0.39, 0.29) is 6.04 Å². The van der Waals surface area contributed by atoms with Gasteiger partial charge in [0.1, 0.15) is 5.01 Å². The summed E-state index contributed by atoms with van der Waals surface area (Å²) in [6.45, 7) is 4.98. The fourth-order valence-corrected chi connectivity index (χ4v) is 3.13. The Bertz CT molecular complexity index is 728. The molecule has 0 bridgehead atoms. The van der Waals surface area contributed by atoms with Crippen LogP contribution in [0.4, 0.5) is 0 Å². The van der Waals surface area contributed by atoms with Crippen molar-refractivity contribution >= 4 is 22.2 Å². The fourth-order valence-electron chi connectivity index (χ4n) is 2.33. The number of nitrogens with one attached hydrogen (secondary N) is 1. The molecule has 0 fully saturated rings. The zero-order valence-corrected chi connectivity index (χ0v) is 12.7. The van der Waals surface area contributed by atoms with Crippen LogP contribution in [0.15, 0.2) is 30.5 Å². The second-order valence-electron chi connectivity index (χ2n) is 5.00. The van der Waals surface area contributed by atoms with Crippen molar-refractivity contribution in [1.29, 1.82) is 0 Å². The van der Waals surface area contributed by atoms with Crippen molar-refractivity contribution < 1.29 is 0 Å². The number of aryl methyl sites for hydroxylation is 2. The van der Waals surface area contributed by atoms with Gasteiger partial charge in [-0.3, -0.25) is 4.68 Å². The molecule has 0 aliphatic rings. The summed E-state index contributed by atoms with van der Waals surface area (Å²) in [4.78, 5) is 5.67. The van der Waals surface area contributed by atoms with Crippen LogP contribution in [-0.2, 0) is 13.6 Å². The standard InChI is InChI=1S/C15H18N4S/c1-10-8-17-15(20-10)11(2)16-9-13-12-6-4-5-7-14(12)19(3)18-13/h4-8,11,16H,9H2,1-3H3. The van der Waals surface area contributed by atoms with E-state index in [4.69, 9.17) is 0 Å². The van der Waals surface area contributed by atoms with Gasteiger partial charge in [0, 0.05) is 30.1 Å². The third kappa shape index (κ3) is 2.46. The number of fused-ring (bicyclic) bond motifs is 1. The first kappa shape index (κ1) is 13.3. The summed E-state index contributed by atoms with van der Waals surface area (Å²) in [6.07, 6.45) is 1.92. The first-order valence-electron chi connectivity index (χ1n) is 6.71. The molecule has 0 saturated heterocycles. The molecule has 0 spiro atoms. The Balaban J connectivity index is 1.77. The van der Waals surface area contributed by atoms with E-state index in [0.717, 1.165) is 17.2 Å². The minimum atomic E-state index is 0.245. The van der Waals surface area contributed by atoms with Crippen molar-refractivity contribution in [1.82, 2.24) is 20.1 Å². The number of rotatable bonds is 4. The lowest BCUT2D eigenvalue weighted by molar-refractivity contribution is 0.561. The van der Waals surface area contributed by atoms with E-state index in [9.17, 15) is 0 Å². The molecule has 0 amide bonds. The third-order valence-corrected chi connectivity index (χ3v) is 4.52. The Morgan fingerprint density at radius 3 is 2.90 bits per heavy atom. The van der Waals surface area contributed by atoms with E-state index in [1.807, 2.05) is 24.0 Å². The van der Waals surface area contributed by atoms with Gasteiger partial charge in [-0.15, -0.1) is 11.3 Å². The van der Waals surface area contributed by atoms with Gasteiger partial charge in [0.05, 0.1) is 17.3 Å². The molecule has 2 aromatic heterocycles. The molecule has 104 valence electrons. The zero-order chi connectivity index (χ0) is 14.1. The molecule has 20 heavy (non-hydrogen) atoms. The second kappa shape index (κ2) is 5.34. The van der Waals surface area contributed by atoms with Crippen LogP contribution in [0.3, 0.4) is 0 Å². The minimum Gasteiger partial charge on any atom is -0.302 e. The molecule has 1 atom stereocenters. The Morgan fingerprint density at radius 2 is 2.15 bits per heavy atom. The smallest absolute Gasteiger partial charge is 0.109 e. The van der Waals surface area contributed by atoms with Gasteiger partial charge in [-0.2, -0.15) is 5.10 Å². The maximum absolute atomic E-state index is 4.60. The normalized spacial score (nSPS) is 12.9. The predicted molar refractivity (Wildman–Crippen MR) is 82.8 cm³/mol. The predicted octanol–water partition coefficient (Wildman–Crippen LogP) is 3.19. The highest BCUT2D eigenvalue weighted by Crippen LogP contribution is 2.21. The van der Waals surface area contributed by atoms with Crippen LogP contribution in [0.1, 0.15) is 28.5 Å². The zero-order valence-electron chi connectivity index (χ0n) is 11.9. The van der Waals surface area contributed by atoms with Gasteiger partial charge in [-0.1, -0.05) is 18.2 Å². The maximum atomic E-state index is 4.60. The van der Waals surface area contributed by atoms with Crippen LogP contribution in [0.5, 0.6) is 0 Å². The van der Waals surface area contributed by atoms with Crippen molar-refractivity contribution in [2.24, 2.45) is 7.05 Å². The summed E-state index contributed by atoms with van der Waals surface area (Å²) in [5.74, 6) is 0. The summed E-state index contributed by atoms with van der Waals surface area (Å²) in [5.41, 5.74) is 2.25. The van der Waals surface area contributed by atoms with E-state index in [2.05, 4.69) is 47.4 Å². The maximum Gasteiger partial charge on any atom is 0.109 e. The number of benzene rings is 1. The molecule has 0 saturated carbocycles. The minimum absolute atomic E-state index is 0.245. The van der Waals surface area contributed by atoms with Crippen molar-refractivity contribution in [2.75, 3.05) is 0 Å². The van der Waals surface area contributed by atoms with Crippen LogP contribution in [0, 0.1) is 6.92 Å². The van der Waals surface area contributed by atoms with E-state index < -0.39 is 0 Å². The van der Waals surface area contributed by atoms with Crippen LogP contribution in [0.25, 0.3) is 10.9 Å². The van der Waals surface area contributed by atoms with Gasteiger partial charge in [-0.25, -0.2) is 4.98 Å². The third-order valence-electron chi connectivity index (χ3n) is 3.42. The first-order valence-corrected chi connectivity index (χ1v) is 7.53. The number of para-hydroxylation sites is 1. The molecular formula is C15H18N4S. The van der Waals surface area contributed by atoms with Crippen molar-refractivity contribution in [3.63, 3.8) is 0 Å². The van der Waals surface area contributed by atoms with Gasteiger partial charge in [-0.05, 0) is 19.9 Å². The van der Waals surface area contributed by atoms with Gasteiger partial charge in [0.25, 0.3) is 0 Å². The molecule has 1 aromatic carbocycles. The Morgan fingerprint density at radius 1 is 1.35 bits per heavy atom. The topological polar surface area (TPSA) is 42.7 Å². The van der Waals surface area contributed by atoms with Gasteiger partial charge in [0.2, 0.25) is 0 Å². The molecular weight excluding hydrogens is 268 g/mol. The lowest BCUT2D eigenvalue weighted by Gasteiger charge is -2.09. The van der Waals surface area contributed by atoms with Crippen molar-refractivity contribution in [3.05, 3.63) is 46.0 Å². The van der Waals surface area contributed by atoms with E-state index in [1.165, 1.54) is 15.8 Å². The van der Waals surface area contributed by atoms with Gasteiger partial charge >= 0.3 is 0 Å². The van der Waals surface area contributed by atoms with E-state index in [1.54, 1.807) is 11.3 Å². The summed E-state index contributed by atoms with van der Waals surface area (Å²) in [5, 5.41) is 10.4. The first-order chi connectivity index (χ1) is 9.65. The largest absolute Gasteiger partial charge is 0.302 e. The summed E-state index contributed by atoms with van der Waals surface area (Å²) in [7, 11) is 1.99. The average Bonchev–Trinajstić information content (AvgIpc) is 3.01. The van der Waals surface area contributed by atoms with Gasteiger partial charge in [0.15, 0.2) is 0 Å². The number of hydrogen-bond acceptors (Lipinski definition) is 4. The number of nitrogens with zero attached hydrogens (tertiary/aromatic N) is 3. The Kier molecular flexibility index (Phi) is 3.54. The van der Waals surface area contributed by atoms with Gasteiger partial charge < -0.3 is 5.32 Å². The molecule has 0 aliphatic carbocycles. The molecule has 0 aliphatic heterocycles. The highest BCUT2D eigenvalue weighted by molar-refractivity contribution is 7.11. The second-order valence-corrected chi connectivity index (χ2v) is 6.27. The molecule has 2 heterocycles. The van der Waals surface area contributed by atoms with E-state index >= 15 is 0 Å². The van der Waals surface area contributed by atoms with Crippen LogP contribution >= 0.6 is 11.3 Å². The molecule has 3 aromatic rings. The molecule has 4 nitrogen and oxygen atoms in total. The number of hydrogen-bond donors (Lipinski definition) is 1. The quantitative estimate of drug-likeness (QED) is 0.801. The van der Waals surface area contributed by atoms with Crippen molar-refractivity contribution in [2.45, 2.75) is 26.4 Å². The van der Waals surface area contributed by atoms with Crippen LogP contribution < -0.4 is 5.32 Å². The summed E-state index contributed by atoms with van der Waals surface area (Å²) >= 11 is 1.74. The molecule has 1 unspecified atom stereocenters. The molecule has 1 N–H and O–H groups in total. The highest BCUT2D eigenvalue weighted by atomic mass is 32.1. The fraction of sp³-hybridized carbons (Fsp3) is 0.333. The molecule has 3 rings (SSSR count). The van der Waals surface area contributed by atoms with Crippen LogP contribution in [-0.4, -0.2) is 14.8 Å². The number of thiazole rings is 1. The Labute approximate surface area is 122 Å². The Hall–Kier alpha value is -1.72. The van der Waals surface area contributed by atoms with Crippen molar-refractivity contribution in [3.8, 4) is 0 Å². The molecule has 5 heteroatoms. The highest BCUT2D eigenvalue weighted by Gasteiger charge is 2.12. The van der Waals surface area contributed by atoms with Crippen LogP contribution in [0.2, 0.25) is 0 Å².